The number of benzene rings is 2. The first-order valence-electron chi connectivity index (χ1n) is 10.7. The molecule has 0 bridgehead atoms. The molecule has 0 atom stereocenters. The van der Waals surface area contributed by atoms with Crippen molar-refractivity contribution >= 4 is 15.6 Å². The van der Waals surface area contributed by atoms with Crippen LogP contribution in [0.3, 0.4) is 0 Å². The molecule has 0 radical (unpaired) electrons. The molecule has 0 N–H and O–H groups in total. The molecule has 0 aliphatic heterocycles. The van der Waals surface area contributed by atoms with Crippen LogP contribution in [0.15, 0.2) is 46.9 Å². The zero-order valence-corrected chi connectivity index (χ0v) is 20.2. The number of oxazole rings is 1. The molecule has 33 heavy (non-hydrogen) atoms. The fourth-order valence-corrected chi connectivity index (χ4v) is 5.04. The number of rotatable bonds is 11. The SMILES string of the molecule is COc1ccc(OC)c(CCCC(=O)CS(=O)(=O)Cc2nc(-c3ccccc3C)oc2C)c1. The minimum Gasteiger partial charge on any atom is -0.497 e. The molecule has 0 aliphatic rings. The van der Waals surface area contributed by atoms with Gasteiger partial charge in [0, 0.05) is 12.0 Å². The Bertz CT molecular complexity index is 1230. The van der Waals surface area contributed by atoms with Gasteiger partial charge < -0.3 is 13.9 Å². The van der Waals surface area contributed by atoms with Gasteiger partial charge in [0.15, 0.2) is 9.84 Å². The minimum absolute atomic E-state index is 0.159. The Hall–Kier alpha value is -3.13. The van der Waals surface area contributed by atoms with E-state index in [1.807, 2.05) is 43.3 Å². The molecule has 3 aromatic rings. The Morgan fingerprint density at radius 1 is 1.06 bits per heavy atom. The Balaban J connectivity index is 1.59. The second kappa shape index (κ2) is 10.7. The number of Topliss-reactive ketones (excluding diaryl/α,β-unsaturated/α-hetero) is 1. The van der Waals surface area contributed by atoms with Gasteiger partial charge in [0.05, 0.1) is 25.7 Å². The van der Waals surface area contributed by atoms with Crippen molar-refractivity contribution < 1.29 is 27.1 Å². The Morgan fingerprint density at radius 3 is 2.52 bits per heavy atom. The van der Waals surface area contributed by atoms with Gasteiger partial charge >= 0.3 is 0 Å². The van der Waals surface area contributed by atoms with Crippen molar-refractivity contribution in [2.75, 3.05) is 20.0 Å². The molecule has 0 fully saturated rings. The minimum atomic E-state index is -3.67. The van der Waals surface area contributed by atoms with Crippen LogP contribution < -0.4 is 9.47 Å². The molecule has 2 aromatic carbocycles. The number of aromatic nitrogens is 1. The third-order valence-electron chi connectivity index (χ3n) is 5.39. The summed E-state index contributed by atoms with van der Waals surface area (Å²) in [7, 11) is -0.504. The second-order valence-corrected chi connectivity index (χ2v) is 10.0. The second-order valence-electron chi connectivity index (χ2n) is 7.94. The zero-order chi connectivity index (χ0) is 24.0. The van der Waals surface area contributed by atoms with Crippen LogP contribution in [0.5, 0.6) is 11.5 Å². The van der Waals surface area contributed by atoms with Crippen LogP contribution in [0, 0.1) is 13.8 Å². The van der Waals surface area contributed by atoms with Crippen molar-refractivity contribution in [1.82, 2.24) is 4.98 Å². The number of ether oxygens (including phenoxy) is 2. The highest BCUT2D eigenvalue weighted by Crippen LogP contribution is 2.27. The van der Waals surface area contributed by atoms with Gasteiger partial charge in [-0.2, -0.15) is 0 Å². The quantitative estimate of drug-likeness (QED) is 0.407. The van der Waals surface area contributed by atoms with E-state index in [1.54, 1.807) is 27.2 Å². The van der Waals surface area contributed by atoms with Crippen molar-refractivity contribution in [3.63, 3.8) is 0 Å². The van der Waals surface area contributed by atoms with Gasteiger partial charge in [-0.3, -0.25) is 4.79 Å². The molecular formula is C25H29NO6S. The monoisotopic (exact) mass is 471 g/mol. The number of methoxy groups -OCH3 is 2. The van der Waals surface area contributed by atoms with Gasteiger partial charge in [0.2, 0.25) is 5.89 Å². The molecule has 0 amide bonds. The maximum absolute atomic E-state index is 12.7. The van der Waals surface area contributed by atoms with Crippen molar-refractivity contribution in [2.24, 2.45) is 0 Å². The van der Waals surface area contributed by atoms with E-state index < -0.39 is 15.6 Å². The van der Waals surface area contributed by atoms with Gasteiger partial charge in [-0.1, -0.05) is 18.2 Å². The Morgan fingerprint density at radius 2 is 1.82 bits per heavy atom. The maximum atomic E-state index is 12.7. The Kier molecular flexibility index (Phi) is 7.92. The fourth-order valence-electron chi connectivity index (χ4n) is 3.62. The third-order valence-corrected chi connectivity index (χ3v) is 6.87. The number of carbonyl (C=O) groups excluding carboxylic acids is 1. The predicted octanol–water partition coefficient (Wildman–Crippen LogP) is 4.48. The third kappa shape index (κ3) is 6.44. The van der Waals surface area contributed by atoms with E-state index in [4.69, 9.17) is 13.9 Å². The van der Waals surface area contributed by atoms with E-state index in [-0.39, 0.29) is 18.0 Å². The average Bonchev–Trinajstić information content (AvgIpc) is 3.12. The predicted molar refractivity (Wildman–Crippen MR) is 126 cm³/mol. The summed E-state index contributed by atoms with van der Waals surface area (Å²) >= 11 is 0. The van der Waals surface area contributed by atoms with E-state index in [9.17, 15) is 13.2 Å². The maximum Gasteiger partial charge on any atom is 0.226 e. The lowest BCUT2D eigenvalue weighted by Crippen LogP contribution is -2.18. The molecule has 0 saturated heterocycles. The van der Waals surface area contributed by atoms with Gasteiger partial charge in [-0.15, -0.1) is 0 Å². The number of carbonyl (C=O) groups is 1. The van der Waals surface area contributed by atoms with Crippen LogP contribution in [0.1, 0.15) is 35.4 Å². The molecule has 0 aliphatic carbocycles. The standard InChI is InChI=1S/C25H29NO6S/c1-17-8-5-6-11-22(17)25-26-23(18(2)32-25)16-33(28,29)15-20(27)10-7-9-19-14-21(30-3)12-13-24(19)31-4/h5-6,8,11-14H,7,9-10,15-16H2,1-4H3. The lowest BCUT2D eigenvalue weighted by Gasteiger charge is -2.10. The molecule has 3 rings (SSSR count). The lowest BCUT2D eigenvalue weighted by molar-refractivity contribution is -0.116. The molecule has 176 valence electrons. The van der Waals surface area contributed by atoms with E-state index in [0.717, 1.165) is 16.7 Å². The highest BCUT2D eigenvalue weighted by molar-refractivity contribution is 7.91. The van der Waals surface area contributed by atoms with E-state index in [1.165, 1.54) is 0 Å². The summed E-state index contributed by atoms with van der Waals surface area (Å²) in [5.74, 6) is 1.06. The van der Waals surface area contributed by atoms with Gasteiger partial charge in [0.1, 0.15) is 28.8 Å². The van der Waals surface area contributed by atoms with Crippen LogP contribution in [-0.4, -0.2) is 39.2 Å². The van der Waals surface area contributed by atoms with E-state index >= 15 is 0 Å². The topological polar surface area (TPSA) is 95.7 Å². The number of aryl methyl sites for hydroxylation is 3. The summed E-state index contributed by atoms with van der Waals surface area (Å²) in [5.41, 5.74) is 3.04. The van der Waals surface area contributed by atoms with Crippen molar-refractivity contribution in [1.29, 1.82) is 0 Å². The highest BCUT2D eigenvalue weighted by atomic mass is 32.2. The van der Waals surface area contributed by atoms with E-state index in [0.29, 0.717) is 41.7 Å². The highest BCUT2D eigenvalue weighted by Gasteiger charge is 2.22. The van der Waals surface area contributed by atoms with Crippen LogP contribution >= 0.6 is 0 Å². The number of hydrogen-bond acceptors (Lipinski definition) is 7. The number of hydrogen-bond donors (Lipinski definition) is 0. The molecule has 8 heteroatoms. The molecule has 0 spiro atoms. The van der Waals surface area contributed by atoms with Crippen LogP contribution in [-0.2, 0) is 26.8 Å². The van der Waals surface area contributed by atoms with Crippen molar-refractivity contribution in [2.45, 2.75) is 38.9 Å². The average molecular weight is 472 g/mol. The smallest absolute Gasteiger partial charge is 0.226 e. The summed E-state index contributed by atoms with van der Waals surface area (Å²) in [6, 6.07) is 13.1. The molecule has 7 nitrogen and oxygen atoms in total. The molecule has 0 unspecified atom stereocenters. The van der Waals surface area contributed by atoms with Gasteiger partial charge in [-0.25, -0.2) is 13.4 Å². The fraction of sp³-hybridized carbons (Fsp3) is 0.360. The van der Waals surface area contributed by atoms with Crippen LogP contribution in [0.2, 0.25) is 0 Å². The first kappa shape index (κ1) is 24.5. The summed E-state index contributed by atoms with van der Waals surface area (Å²) in [5, 5.41) is 0. The lowest BCUT2D eigenvalue weighted by atomic mass is 10.1. The number of nitrogens with zero attached hydrogens (tertiary/aromatic N) is 1. The van der Waals surface area contributed by atoms with Gasteiger partial charge in [-0.05, 0) is 62.1 Å². The van der Waals surface area contributed by atoms with Crippen LogP contribution in [0.4, 0.5) is 0 Å². The summed E-state index contributed by atoms with van der Waals surface area (Å²) in [4.78, 5) is 16.8. The molecule has 1 aromatic heterocycles. The van der Waals surface area contributed by atoms with E-state index in [2.05, 4.69) is 4.98 Å². The molecular weight excluding hydrogens is 442 g/mol. The first-order chi connectivity index (χ1) is 15.7. The summed E-state index contributed by atoms with van der Waals surface area (Å²) in [6.07, 6.45) is 1.25. The molecule has 1 heterocycles. The van der Waals surface area contributed by atoms with Crippen molar-refractivity contribution in [3.05, 3.63) is 65.0 Å². The summed E-state index contributed by atoms with van der Waals surface area (Å²) < 4.78 is 41.6. The first-order valence-corrected chi connectivity index (χ1v) is 12.5. The Labute approximate surface area is 194 Å². The molecule has 0 saturated carbocycles. The number of sulfone groups is 1. The zero-order valence-electron chi connectivity index (χ0n) is 19.4. The van der Waals surface area contributed by atoms with Crippen molar-refractivity contribution in [3.8, 4) is 23.0 Å². The summed E-state index contributed by atoms with van der Waals surface area (Å²) in [6.45, 7) is 3.62. The normalized spacial score (nSPS) is 11.4. The van der Waals surface area contributed by atoms with Crippen LogP contribution in [0.25, 0.3) is 11.5 Å². The number of ketones is 1. The largest absolute Gasteiger partial charge is 0.497 e. The van der Waals surface area contributed by atoms with Gasteiger partial charge in [0.25, 0.3) is 0 Å².